The number of fused-ring (bicyclic) bond motifs is 1. The van der Waals surface area contributed by atoms with Crippen molar-refractivity contribution in [3.05, 3.63) is 89.9 Å². The lowest BCUT2D eigenvalue weighted by Crippen LogP contribution is -2.35. The summed E-state index contributed by atoms with van der Waals surface area (Å²) in [5.74, 6) is 0.295. The highest BCUT2D eigenvalue weighted by Crippen LogP contribution is 2.28. The van der Waals surface area contributed by atoms with E-state index < -0.39 is 24.9 Å². The number of pyridine rings is 2. The Kier molecular flexibility index (Phi) is 8.32. The lowest BCUT2D eigenvalue weighted by atomic mass is 10.00. The van der Waals surface area contributed by atoms with Crippen molar-refractivity contribution in [3.8, 4) is 0 Å². The first-order valence-corrected chi connectivity index (χ1v) is 14.7. The molecule has 0 radical (unpaired) electrons. The van der Waals surface area contributed by atoms with Gasteiger partial charge in [-0.15, -0.1) is 5.10 Å². The second-order valence-electron chi connectivity index (χ2n) is 11.2. The number of benzene rings is 1. The Morgan fingerprint density at radius 1 is 1.00 bits per heavy atom. The number of carbonyl (C=O) groups excluding carboxylic acids is 2. The molecule has 228 valence electrons. The van der Waals surface area contributed by atoms with E-state index in [-0.39, 0.29) is 12.5 Å². The number of anilines is 2. The van der Waals surface area contributed by atoms with Crippen LogP contribution in [-0.2, 0) is 11.2 Å². The van der Waals surface area contributed by atoms with Crippen LogP contribution in [0.4, 0.5) is 24.8 Å². The van der Waals surface area contributed by atoms with E-state index in [9.17, 15) is 22.8 Å². The Morgan fingerprint density at radius 3 is 2.57 bits per heavy atom. The van der Waals surface area contributed by atoms with Crippen LogP contribution in [0.25, 0.3) is 11.2 Å². The highest BCUT2D eigenvalue weighted by atomic mass is 19.4. The van der Waals surface area contributed by atoms with Gasteiger partial charge in [-0.3, -0.25) is 14.6 Å². The maximum Gasteiger partial charge on any atom is 0.389 e. The number of hydrogen-bond acceptors (Lipinski definition) is 6. The number of amides is 2. The summed E-state index contributed by atoms with van der Waals surface area (Å²) in [7, 11) is 0. The van der Waals surface area contributed by atoms with E-state index in [1.807, 2.05) is 53.4 Å². The van der Waals surface area contributed by atoms with Crippen molar-refractivity contribution < 1.29 is 22.8 Å². The molecule has 2 amide bonds. The fraction of sp³-hybridized carbons (Fsp3) is 0.344. The molecule has 0 aliphatic carbocycles. The number of nitrogens with zero attached hydrogens (tertiary/aromatic N) is 6. The fourth-order valence-electron chi connectivity index (χ4n) is 5.76. The lowest BCUT2D eigenvalue weighted by Gasteiger charge is -2.27. The van der Waals surface area contributed by atoms with Crippen LogP contribution in [0.15, 0.2) is 73.1 Å². The average Bonchev–Trinajstić information content (AvgIpc) is 3.67. The molecule has 1 aromatic carbocycles. The van der Waals surface area contributed by atoms with Gasteiger partial charge >= 0.3 is 6.18 Å². The maximum absolute atomic E-state index is 13.1. The average molecular weight is 604 g/mol. The number of carbonyl (C=O) groups is 2. The first-order chi connectivity index (χ1) is 21.2. The Morgan fingerprint density at radius 2 is 1.84 bits per heavy atom. The zero-order chi connectivity index (χ0) is 30.7. The molecule has 0 bridgehead atoms. The molecule has 5 heterocycles. The molecule has 0 spiro atoms. The minimum absolute atomic E-state index is 0.0111. The first kappa shape index (κ1) is 29.3. The van der Waals surface area contributed by atoms with Crippen LogP contribution in [0.5, 0.6) is 0 Å². The molecule has 1 N–H and O–H groups in total. The summed E-state index contributed by atoms with van der Waals surface area (Å²) in [6, 6.07) is 16.9. The van der Waals surface area contributed by atoms with Gasteiger partial charge in [0.2, 0.25) is 11.9 Å². The molecular weight excluding hydrogens is 571 g/mol. The molecule has 4 aromatic rings. The van der Waals surface area contributed by atoms with Gasteiger partial charge in [-0.05, 0) is 79.3 Å². The van der Waals surface area contributed by atoms with Crippen LogP contribution in [0.1, 0.15) is 47.3 Å². The van der Waals surface area contributed by atoms with Crippen LogP contribution >= 0.6 is 0 Å². The number of rotatable bonds is 8. The van der Waals surface area contributed by atoms with E-state index in [0.717, 1.165) is 41.9 Å². The van der Waals surface area contributed by atoms with Crippen LogP contribution in [0.2, 0.25) is 0 Å². The van der Waals surface area contributed by atoms with Crippen molar-refractivity contribution in [1.29, 1.82) is 0 Å². The van der Waals surface area contributed by atoms with Crippen molar-refractivity contribution in [1.82, 2.24) is 29.4 Å². The van der Waals surface area contributed by atoms with Crippen molar-refractivity contribution in [3.63, 3.8) is 0 Å². The molecule has 12 heteroatoms. The van der Waals surface area contributed by atoms with E-state index >= 15 is 0 Å². The van der Waals surface area contributed by atoms with Crippen LogP contribution in [0.3, 0.4) is 0 Å². The SMILES string of the molecule is O=C(CCC(F)(F)F)N1CC=C(c2cccn3nc(Nc4ccc(C(=O)N5CCC(Cc6ccccn6)C5)cc4)nc23)CC1. The summed E-state index contributed by atoms with van der Waals surface area (Å²) in [4.78, 5) is 37.8. The van der Waals surface area contributed by atoms with Gasteiger partial charge in [-0.2, -0.15) is 18.2 Å². The summed E-state index contributed by atoms with van der Waals surface area (Å²) in [5, 5.41) is 7.74. The third kappa shape index (κ3) is 6.90. The number of aromatic nitrogens is 4. The van der Waals surface area contributed by atoms with Gasteiger partial charge in [0.25, 0.3) is 5.91 Å². The number of hydrogen-bond donors (Lipinski definition) is 1. The Balaban J connectivity index is 1.07. The highest BCUT2D eigenvalue weighted by Gasteiger charge is 2.30. The van der Waals surface area contributed by atoms with E-state index in [2.05, 4.69) is 20.4 Å². The molecule has 2 aliphatic heterocycles. The third-order valence-electron chi connectivity index (χ3n) is 8.08. The minimum Gasteiger partial charge on any atom is -0.339 e. The summed E-state index contributed by atoms with van der Waals surface area (Å²) in [6.45, 7) is 2.04. The maximum atomic E-state index is 13.1. The summed E-state index contributed by atoms with van der Waals surface area (Å²) < 4.78 is 39.2. The number of alkyl halides is 3. The summed E-state index contributed by atoms with van der Waals surface area (Å²) >= 11 is 0. The van der Waals surface area contributed by atoms with Gasteiger partial charge in [-0.25, -0.2) is 4.52 Å². The molecule has 44 heavy (non-hydrogen) atoms. The topological polar surface area (TPSA) is 95.7 Å². The molecule has 1 fully saturated rings. The molecule has 0 saturated carbocycles. The van der Waals surface area contributed by atoms with Crippen LogP contribution < -0.4 is 5.32 Å². The van der Waals surface area contributed by atoms with Crippen molar-refractivity contribution in [2.24, 2.45) is 5.92 Å². The Hall–Kier alpha value is -4.74. The van der Waals surface area contributed by atoms with Gasteiger partial charge in [-0.1, -0.05) is 12.1 Å². The first-order valence-electron chi connectivity index (χ1n) is 14.7. The molecule has 1 unspecified atom stereocenters. The van der Waals surface area contributed by atoms with Crippen LogP contribution in [-0.4, -0.2) is 73.6 Å². The molecule has 9 nitrogen and oxygen atoms in total. The molecule has 6 rings (SSSR count). The fourth-order valence-corrected chi connectivity index (χ4v) is 5.76. The largest absolute Gasteiger partial charge is 0.389 e. The normalized spacial score (nSPS) is 17.2. The predicted molar refractivity (Wildman–Crippen MR) is 159 cm³/mol. The van der Waals surface area contributed by atoms with Gasteiger partial charge < -0.3 is 15.1 Å². The molecular formula is C32H32F3N7O2. The third-order valence-corrected chi connectivity index (χ3v) is 8.08. The van der Waals surface area contributed by atoms with Crippen molar-refractivity contribution in [2.45, 2.75) is 38.3 Å². The molecule has 1 saturated heterocycles. The Bertz CT molecular complexity index is 1670. The molecule has 1 atom stereocenters. The predicted octanol–water partition coefficient (Wildman–Crippen LogP) is 5.53. The molecule has 2 aliphatic rings. The Labute approximate surface area is 252 Å². The number of likely N-dealkylation sites (tertiary alicyclic amines) is 1. The van der Waals surface area contributed by atoms with Gasteiger partial charge in [0.05, 0.1) is 6.42 Å². The van der Waals surface area contributed by atoms with Crippen molar-refractivity contribution in [2.75, 3.05) is 31.5 Å². The van der Waals surface area contributed by atoms with E-state index in [1.54, 1.807) is 29.0 Å². The van der Waals surface area contributed by atoms with E-state index in [0.29, 0.717) is 42.6 Å². The van der Waals surface area contributed by atoms with Gasteiger partial charge in [0.1, 0.15) is 0 Å². The van der Waals surface area contributed by atoms with E-state index in [1.165, 1.54) is 4.90 Å². The zero-order valence-electron chi connectivity index (χ0n) is 24.0. The second-order valence-corrected chi connectivity index (χ2v) is 11.2. The molecule has 3 aromatic heterocycles. The zero-order valence-corrected chi connectivity index (χ0v) is 24.0. The summed E-state index contributed by atoms with van der Waals surface area (Å²) in [6.07, 6.45) is 1.77. The van der Waals surface area contributed by atoms with E-state index in [4.69, 9.17) is 0 Å². The minimum atomic E-state index is -4.35. The second kappa shape index (κ2) is 12.5. The number of halogens is 3. The number of nitrogens with one attached hydrogen (secondary N) is 1. The monoisotopic (exact) mass is 603 g/mol. The smallest absolute Gasteiger partial charge is 0.339 e. The highest BCUT2D eigenvalue weighted by molar-refractivity contribution is 5.94. The van der Waals surface area contributed by atoms with Gasteiger partial charge in [0.15, 0.2) is 5.65 Å². The summed E-state index contributed by atoms with van der Waals surface area (Å²) in [5.41, 5.74) is 4.84. The standard InChI is InChI=1S/C32H32F3N7O2/c33-32(34,35)14-10-28(43)40-18-12-23(13-19-40)27-5-3-16-42-29(27)38-31(39-42)37-25-8-6-24(7-9-25)30(44)41-17-11-22(21-41)20-26-4-1-2-15-36-26/h1-9,12,15-16,22H,10-11,13-14,17-21H2,(H,37,39). The van der Waals surface area contributed by atoms with Crippen molar-refractivity contribution >= 4 is 34.7 Å². The van der Waals surface area contributed by atoms with Gasteiger partial charge in [0, 0.05) is 67.5 Å². The van der Waals surface area contributed by atoms with Crippen LogP contribution in [0, 0.1) is 5.92 Å². The lowest BCUT2D eigenvalue weighted by molar-refractivity contribution is -0.148. The quantitative estimate of drug-likeness (QED) is 0.285.